The standard InChI is InChI=1S/C11H14BrNO2/c1-2-3-9(11(14)15)4-8-5-10(12)7-13-6-8/h5-7,9H,2-4H2,1H3,(H,14,15). The van der Waals surface area contributed by atoms with Gasteiger partial charge in [-0.3, -0.25) is 9.78 Å². The van der Waals surface area contributed by atoms with Crippen LogP contribution in [0.15, 0.2) is 22.9 Å². The zero-order chi connectivity index (χ0) is 11.3. The lowest BCUT2D eigenvalue weighted by Gasteiger charge is -2.10. The summed E-state index contributed by atoms with van der Waals surface area (Å²) < 4.78 is 0.889. The minimum absolute atomic E-state index is 0.300. The molecule has 1 aromatic heterocycles. The largest absolute Gasteiger partial charge is 0.481 e. The Morgan fingerprint density at radius 2 is 2.33 bits per heavy atom. The molecular weight excluding hydrogens is 258 g/mol. The number of halogens is 1. The SMILES string of the molecule is CCCC(Cc1cncc(Br)c1)C(=O)O. The second kappa shape index (κ2) is 5.85. The van der Waals surface area contributed by atoms with E-state index >= 15 is 0 Å². The summed E-state index contributed by atoms with van der Waals surface area (Å²) in [4.78, 5) is 15.0. The molecule has 3 nitrogen and oxygen atoms in total. The van der Waals surface area contributed by atoms with Crippen LogP contribution in [0.5, 0.6) is 0 Å². The summed E-state index contributed by atoms with van der Waals surface area (Å²) in [6, 6.07) is 1.92. The van der Waals surface area contributed by atoms with E-state index in [9.17, 15) is 4.79 Å². The number of carbonyl (C=O) groups is 1. The van der Waals surface area contributed by atoms with Crippen LogP contribution in [0.2, 0.25) is 0 Å². The molecule has 0 aliphatic carbocycles. The molecule has 82 valence electrons. The zero-order valence-corrected chi connectivity index (χ0v) is 10.2. The second-order valence-corrected chi connectivity index (χ2v) is 4.46. The van der Waals surface area contributed by atoms with Gasteiger partial charge in [0.25, 0.3) is 0 Å². The number of aromatic nitrogens is 1. The van der Waals surface area contributed by atoms with Crippen LogP contribution in [0.1, 0.15) is 25.3 Å². The molecule has 0 fully saturated rings. The monoisotopic (exact) mass is 271 g/mol. The molecule has 15 heavy (non-hydrogen) atoms. The van der Waals surface area contributed by atoms with Crippen molar-refractivity contribution in [1.82, 2.24) is 4.98 Å². The van der Waals surface area contributed by atoms with Crippen molar-refractivity contribution in [2.24, 2.45) is 5.92 Å². The Hall–Kier alpha value is -0.900. The van der Waals surface area contributed by atoms with Crippen molar-refractivity contribution in [1.29, 1.82) is 0 Å². The van der Waals surface area contributed by atoms with Crippen molar-refractivity contribution in [3.05, 3.63) is 28.5 Å². The van der Waals surface area contributed by atoms with E-state index < -0.39 is 5.97 Å². The van der Waals surface area contributed by atoms with Gasteiger partial charge in [0.2, 0.25) is 0 Å². The highest BCUT2D eigenvalue weighted by molar-refractivity contribution is 9.10. The van der Waals surface area contributed by atoms with Crippen LogP contribution in [-0.4, -0.2) is 16.1 Å². The minimum Gasteiger partial charge on any atom is -0.481 e. The van der Waals surface area contributed by atoms with E-state index in [0.717, 1.165) is 16.5 Å². The van der Waals surface area contributed by atoms with E-state index in [2.05, 4.69) is 20.9 Å². The molecule has 1 N–H and O–H groups in total. The zero-order valence-electron chi connectivity index (χ0n) is 8.61. The summed E-state index contributed by atoms with van der Waals surface area (Å²) in [6.45, 7) is 2.00. The van der Waals surface area contributed by atoms with Gasteiger partial charge >= 0.3 is 5.97 Å². The van der Waals surface area contributed by atoms with E-state index in [1.54, 1.807) is 12.4 Å². The maximum absolute atomic E-state index is 10.9. The Morgan fingerprint density at radius 3 is 2.87 bits per heavy atom. The van der Waals surface area contributed by atoms with Gasteiger partial charge in [-0.2, -0.15) is 0 Å². The summed E-state index contributed by atoms with van der Waals surface area (Å²) in [6.07, 6.45) is 5.56. The van der Waals surface area contributed by atoms with Crippen molar-refractivity contribution in [3.63, 3.8) is 0 Å². The van der Waals surface area contributed by atoms with Crippen molar-refractivity contribution in [2.75, 3.05) is 0 Å². The van der Waals surface area contributed by atoms with E-state index in [-0.39, 0.29) is 5.92 Å². The van der Waals surface area contributed by atoms with E-state index in [1.807, 2.05) is 13.0 Å². The number of carboxylic acid groups (broad SMARTS) is 1. The Balaban J connectivity index is 2.69. The first-order chi connectivity index (χ1) is 7.13. The number of pyridine rings is 1. The summed E-state index contributed by atoms with van der Waals surface area (Å²) in [5, 5.41) is 9.00. The maximum Gasteiger partial charge on any atom is 0.306 e. The molecule has 0 saturated carbocycles. The van der Waals surface area contributed by atoms with Crippen LogP contribution >= 0.6 is 15.9 Å². The molecule has 1 rings (SSSR count). The molecule has 0 radical (unpaired) electrons. The molecule has 0 aromatic carbocycles. The van der Waals surface area contributed by atoms with Gasteiger partial charge in [0.05, 0.1) is 5.92 Å². The summed E-state index contributed by atoms with van der Waals surface area (Å²) >= 11 is 3.32. The smallest absolute Gasteiger partial charge is 0.306 e. The van der Waals surface area contributed by atoms with Crippen LogP contribution in [-0.2, 0) is 11.2 Å². The Labute approximate surface area is 97.7 Å². The van der Waals surface area contributed by atoms with Crippen LogP contribution in [0.25, 0.3) is 0 Å². The lowest BCUT2D eigenvalue weighted by Crippen LogP contribution is -2.16. The van der Waals surface area contributed by atoms with Gasteiger partial charge in [0.15, 0.2) is 0 Å². The fourth-order valence-corrected chi connectivity index (χ4v) is 1.93. The molecule has 0 aliphatic rings. The minimum atomic E-state index is -0.725. The molecular formula is C11H14BrNO2. The summed E-state index contributed by atoms with van der Waals surface area (Å²) in [7, 11) is 0. The fourth-order valence-electron chi connectivity index (χ4n) is 1.51. The number of hydrogen-bond acceptors (Lipinski definition) is 2. The summed E-state index contributed by atoms with van der Waals surface area (Å²) in [5.41, 5.74) is 0.963. The average molecular weight is 272 g/mol. The Morgan fingerprint density at radius 1 is 1.60 bits per heavy atom. The van der Waals surface area contributed by atoms with Crippen LogP contribution in [0, 0.1) is 5.92 Å². The molecule has 0 bridgehead atoms. The number of rotatable bonds is 5. The first-order valence-corrected chi connectivity index (χ1v) is 5.75. The molecule has 0 saturated heterocycles. The van der Waals surface area contributed by atoms with Crippen LogP contribution < -0.4 is 0 Å². The first-order valence-electron chi connectivity index (χ1n) is 4.95. The molecule has 0 amide bonds. The van der Waals surface area contributed by atoms with Crippen LogP contribution in [0.4, 0.5) is 0 Å². The van der Waals surface area contributed by atoms with Gasteiger partial charge in [-0.15, -0.1) is 0 Å². The lowest BCUT2D eigenvalue weighted by atomic mass is 9.96. The molecule has 4 heteroatoms. The number of carboxylic acids is 1. The Kier molecular flexibility index (Phi) is 4.75. The maximum atomic E-state index is 10.9. The van der Waals surface area contributed by atoms with Crippen LogP contribution in [0.3, 0.4) is 0 Å². The second-order valence-electron chi connectivity index (χ2n) is 3.54. The molecule has 1 unspecified atom stereocenters. The van der Waals surface area contributed by atoms with Gasteiger partial charge < -0.3 is 5.11 Å². The van der Waals surface area contributed by atoms with Gasteiger partial charge in [-0.25, -0.2) is 0 Å². The number of nitrogens with zero attached hydrogens (tertiary/aromatic N) is 1. The molecule has 1 atom stereocenters. The number of aliphatic carboxylic acids is 1. The topological polar surface area (TPSA) is 50.2 Å². The third-order valence-corrected chi connectivity index (χ3v) is 2.66. The van der Waals surface area contributed by atoms with Crippen molar-refractivity contribution >= 4 is 21.9 Å². The number of hydrogen-bond donors (Lipinski definition) is 1. The molecule has 1 heterocycles. The predicted molar refractivity (Wildman–Crippen MR) is 61.7 cm³/mol. The van der Waals surface area contributed by atoms with Crippen molar-refractivity contribution < 1.29 is 9.90 Å². The normalized spacial score (nSPS) is 12.4. The molecule has 1 aromatic rings. The van der Waals surface area contributed by atoms with E-state index in [4.69, 9.17) is 5.11 Å². The third-order valence-electron chi connectivity index (χ3n) is 2.23. The van der Waals surface area contributed by atoms with E-state index in [0.29, 0.717) is 12.8 Å². The quantitative estimate of drug-likeness (QED) is 0.896. The lowest BCUT2D eigenvalue weighted by molar-refractivity contribution is -0.141. The highest BCUT2D eigenvalue weighted by Gasteiger charge is 2.16. The summed E-state index contributed by atoms with van der Waals surface area (Å²) in [5.74, 6) is -1.03. The van der Waals surface area contributed by atoms with Crippen molar-refractivity contribution in [2.45, 2.75) is 26.2 Å². The highest BCUT2D eigenvalue weighted by atomic mass is 79.9. The third kappa shape index (κ3) is 4.00. The highest BCUT2D eigenvalue weighted by Crippen LogP contribution is 2.16. The fraction of sp³-hybridized carbons (Fsp3) is 0.455. The predicted octanol–water partition coefficient (Wildman–Crippen LogP) is 2.89. The van der Waals surface area contributed by atoms with Gasteiger partial charge in [0.1, 0.15) is 0 Å². The van der Waals surface area contributed by atoms with Gasteiger partial charge in [-0.1, -0.05) is 13.3 Å². The molecule has 0 spiro atoms. The van der Waals surface area contributed by atoms with Crippen molar-refractivity contribution in [3.8, 4) is 0 Å². The van der Waals surface area contributed by atoms with E-state index in [1.165, 1.54) is 0 Å². The average Bonchev–Trinajstić information content (AvgIpc) is 2.17. The first kappa shape index (κ1) is 12.2. The Bertz CT molecular complexity index is 341. The van der Waals surface area contributed by atoms with Gasteiger partial charge in [0, 0.05) is 16.9 Å². The van der Waals surface area contributed by atoms with Gasteiger partial charge in [-0.05, 0) is 40.4 Å². The molecule has 0 aliphatic heterocycles.